The van der Waals surface area contributed by atoms with Crippen molar-refractivity contribution in [3.8, 4) is 5.75 Å². The summed E-state index contributed by atoms with van der Waals surface area (Å²) < 4.78 is 6.07. The predicted molar refractivity (Wildman–Crippen MR) is 112 cm³/mol. The van der Waals surface area contributed by atoms with E-state index < -0.39 is 0 Å². The van der Waals surface area contributed by atoms with Crippen molar-refractivity contribution < 1.29 is 4.74 Å². The van der Waals surface area contributed by atoms with Crippen LogP contribution in [0.2, 0.25) is 0 Å². The van der Waals surface area contributed by atoms with Crippen LogP contribution in [0.25, 0.3) is 5.57 Å². The lowest BCUT2D eigenvalue weighted by molar-refractivity contribution is 0.125. The van der Waals surface area contributed by atoms with E-state index in [1.54, 1.807) is 5.57 Å². The van der Waals surface area contributed by atoms with Gasteiger partial charge >= 0.3 is 0 Å². The fourth-order valence-electron chi connectivity index (χ4n) is 6.03. The number of aryl methyl sites for hydroxylation is 1. The Bertz CT molecular complexity index is 865. The molecular weight excluding hydrogens is 328 g/mol. The number of hydrogen-bond acceptors (Lipinski definition) is 1. The maximum Gasteiger partial charge on any atom is 0.120 e. The first-order chi connectivity index (χ1) is 13.1. The van der Waals surface area contributed by atoms with Crippen molar-refractivity contribution in [3.63, 3.8) is 0 Å². The Kier molecular flexibility index (Phi) is 4.15. The predicted octanol–water partition coefficient (Wildman–Crippen LogP) is 6.67. The van der Waals surface area contributed by atoms with Crippen LogP contribution >= 0.6 is 0 Å². The molecule has 4 atom stereocenters. The van der Waals surface area contributed by atoms with Crippen LogP contribution < -0.4 is 4.74 Å². The smallest absolute Gasteiger partial charge is 0.120 e. The SMILES string of the molecule is CC1CCC2C3CCc4cc(OCc5ccccc5)ccc4C3=CC[C@]12C. The molecule has 5 rings (SSSR count). The molecule has 0 aliphatic heterocycles. The standard InChI is InChI=1S/C26H30O/c1-18-8-13-25-24-11-9-20-16-21(27-17-19-6-4-3-5-7-19)10-12-22(20)23(24)14-15-26(18,25)2/h3-7,10,12,14,16,18,24-25H,8-9,11,13,15,17H2,1-2H3/t18?,24?,25?,26-/m1/s1. The van der Waals surface area contributed by atoms with Gasteiger partial charge in [-0.25, -0.2) is 0 Å². The number of benzene rings is 2. The summed E-state index contributed by atoms with van der Waals surface area (Å²) in [5.74, 6) is 3.54. The molecule has 27 heavy (non-hydrogen) atoms. The van der Waals surface area contributed by atoms with Crippen molar-refractivity contribution >= 4 is 5.57 Å². The van der Waals surface area contributed by atoms with Crippen LogP contribution in [0, 0.1) is 23.2 Å². The normalized spacial score (nSPS) is 31.5. The molecule has 1 saturated carbocycles. The van der Waals surface area contributed by atoms with Crippen LogP contribution in [-0.4, -0.2) is 0 Å². The molecule has 0 bridgehead atoms. The largest absolute Gasteiger partial charge is 0.489 e. The van der Waals surface area contributed by atoms with E-state index in [9.17, 15) is 0 Å². The number of allylic oxidation sites excluding steroid dienone is 2. The molecule has 0 amide bonds. The summed E-state index contributed by atoms with van der Waals surface area (Å²) in [6, 6.07) is 17.2. The number of fused-ring (bicyclic) bond motifs is 5. The second-order valence-corrected chi connectivity index (χ2v) is 9.19. The monoisotopic (exact) mass is 358 g/mol. The van der Waals surface area contributed by atoms with Crippen LogP contribution in [0.3, 0.4) is 0 Å². The van der Waals surface area contributed by atoms with Gasteiger partial charge in [-0.3, -0.25) is 0 Å². The third kappa shape index (κ3) is 2.83. The molecule has 0 N–H and O–H groups in total. The van der Waals surface area contributed by atoms with Gasteiger partial charge in [0.05, 0.1) is 0 Å². The van der Waals surface area contributed by atoms with Gasteiger partial charge in [-0.2, -0.15) is 0 Å². The summed E-state index contributed by atoms with van der Waals surface area (Å²) >= 11 is 0. The highest BCUT2D eigenvalue weighted by Gasteiger charge is 2.50. The Labute approximate surface area is 163 Å². The highest BCUT2D eigenvalue weighted by Crippen LogP contribution is 2.60. The van der Waals surface area contributed by atoms with E-state index in [2.05, 4.69) is 62.4 Å². The molecule has 0 saturated heterocycles. The number of rotatable bonds is 3. The van der Waals surface area contributed by atoms with Crippen molar-refractivity contribution in [1.29, 1.82) is 0 Å². The van der Waals surface area contributed by atoms with Crippen LogP contribution in [0.15, 0.2) is 54.6 Å². The molecule has 1 heteroatoms. The molecule has 1 fully saturated rings. The maximum atomic E-state index is 6.07. The van der Waals surface area contributed by atoms with Crippen LogP contribution in [0.1, 0.15) is 56.2 Å². The molecule has 3 unspecified atom stereocenters. The van der Waals surface area contributed by atoms with E-state index in [0.717, 1.165) is 23.5 Å². The van der Waals surface area contributed by atoms with Crippen LogP contribution in [0.5, 0.6) is 5.75 Å². The van der Waals surface area contributed by atoms with Gasteiger partial charge in [-0.05, 0) is 89.7 Å². The molecule has 0 aromatic heterocycles. The first kappa shape index (κ1) is 17.1. The Morgan fingerprint density at radius 2 is 1.89 bits per heavy atom. The summed E-state index contributed by atoms with van der Waals surface area (Å²) in [6.45, 7) is 5.67. The zero-order valence-electron chi connectivity index (χ0n) is 16.6. The van der Waals surface area contributed by atoms with E-state index in [0.29, 0.717) is 12.0 Å². The molecule has 1 nitrogen and oxygen atoms in total. The van der Waals surface area contributed by atoms with Gasteiger partial charge in [0.2, 0.25) is 0 Å². The molecule has 2 aromatic rings. The van der Waals surface area contributed by atoms with Crippen molar-refractivity contribution in [2.24, 2.45) is 23.2 Å². The second kappa shape index (κ2) is 6.55. The van der Waals surface area contributed by atoms with Crippen molar-refractivity contribution in [2.45, 2.75) is 52.6 Å². The summed E-state index contributed by atoms with van der Waals surface area (Å²) in [5.41, 5.74) is 6.38. The number of ether oxygens (including phenoxy) is 1. The summed E-state index contributed by atoms with van der Waals surface area (Å²) in [5, 5.41) is 0. The first-order valence-electron chi connectivity index (χ1n) is 10.7. The van der Waals surface area contributed by atoms with E-state index in [-0.39, 0.29) is 0 Å². The lowest BCUT2D eigenvalue weighted by Gasteiger charge is -2.46. The first-order valence-corrected chi connectivity index (χ1v) is 10.7. The average molecular weight is 359 g/mol. The Balaban J connectivity index is 1.39. The minimum Gasteiger partial charge on any atom is -0.489 e. The van der Waals surface area contributed by atoms with Crippen molar-refractivity contribution in [3.05, 3.63) is 71.3 Å². The van der Waals surface area contributed by atoms with Gasteiger partial charge in [0, 0.05) is 0 Å². The molecular formula is C26H30O. The van der Waals surface area contributed by atoms with E-state index >= 15 is 0 Å². The molecule has 3 aliphatic carbocycles. The van der Waals surface area contributed by atoms with Gasteiger partial charge in [0.25, 0.3) is 0 Å². The Morgan fingerprint density at radius 3 is 2.74 bits per heavy atom. The van der Waals surface area contributed by atoms with Crippen molar-refractivity contribution in [1.82, 2.24) is 0 Å². The average Bonchev–Trinajstić information content (AvgIpc) is 3.01. The lowest BCUT2D eigenvalue weighted by atomic mass is 9.58. The Hall–Kier alpha value is -2.02. The van der Waals surface area contributed by atoms with Crippen LogP contribution in [-0.2, 0) is 13.0 Å². The topological polar surface area (TPSA) is 9.23 Å². The fourth-order valence-corrected chi connectivity index (χ4v) is 6.03. The molecule has 0 spiro atoms. The lowest BCUT2D eigenvalue weighted by Crippen LogP contribution is -2.37. The molecule has 2 aromatic carbocycles. The Morgan fingerprint density at radius 1 is 1.04 bits per heavy atom. The third-order valence-electron chi connectivity index (χ3n) is 7.89. The van der Waals surface area contributed by atoms with Gasteiger partial charge < -0.3 is 4.74 Å². The van der Waals surface area contributed by atoms with E-state index in [1.807, 2.05) is 6.07 Å². The van der Waals surface area contributed by atoms with Crippen molar-refractivity contribution in [2.75, 3.05) is 0 Å². The van der Waals surface area contributed by atoms with Gasteiger partial charge in [-0.15, -0.1) is 0 Å². The maximum absolute atomic E-state index is 6.07. The van der Waals surface area contributed by atoms with Gasteiger partial charge in [0.1, 0.15) is 12.4 Å². The fraction of sp³-hybridized carbons (Fsp3) is 0.462. The summed E-state index contributed by atoms with van der Waals surface area (Å²) in [4.78, 5) is 0. The van der Waals surface area contributed by atoms with E-state index in [4.69, 9.17) is 4.74 Å². The quantitative estimate of drug-likeness (QED) is 0.595. The number of hydrogen-bond donors (Lipinski definition) is 0. The summed E-state index contributed by atoms with van der Waals surface area (Å²) in [7, 11) is 0. The van der Waals surface area contributed by atoms with Gasteiger partial charge in [-0.1, -0.05) is 56.3 Å². The molecule has 3 aliphatic rings. The van der Waals surface area contributed by atoms with Crippen LogP contribution in [0.4, 0.5) is 0 Å². The molecule has 0 heterocycles. The molecule has 140 valence electrons. The van der Waals surface area contributed by atoms with E-state index in [1.165, 1.54) is 48.8 Å². The second-order valence-electron chi connectivity index (χ2n) is 9.19. The third-order valence-corrected chi connectivity index (χ3v) is 7.89. The molecule has 0 radical (unpaired) electrons. The highest BCUT2D eigenvalue weighted by molar-refractivity contribution is 5.73. The summed E-state index contributed by atoms with van der Waals surface area (Å²) in [6.07, 6.45) is 9.20. The highest BCUT2D eigenvalue weighted by atomic mass is 16.5. The zero-order chi connectivity index (χ0) is 18.4. The zero-order valence-corrected chi connectivity index (χ0v) is 16.6. The minimum absolute atomic E-state index is 0.532. The van der Waals surface area contributed by atoms with Gasteiger partial charge in [0.15, 0.2) is 0 Å². The minimum atomic E-state index is 0.532.